The number of amides is 12. The van der Waals surface area contributed by atoms with Gasteiger partial charge in [-0.3, -0.25) is 57.5 Å². The van der Waals surface area contributed by atoms with Gasteiger partial charge in [0.2, 0.25) is 70.9 Å². The molecule has 24 nitrogen and oxygen atoms in total. The van der Waals surface area contributed by atoms with Gasteiger partial charge in [0, 0.05) is 74.3 Å². The number of nitrogens with zero attached hydrogens (tertiary/aromatic N) is 9. The molecule has 0 bridgehead atoms. The van der Waals surface area contributed by atoms with Gasteiger partial charge in [0.25, 0.3) is 0 Å². The maximum Gasteiger partial charge on any atom is 0.393 e. The van der Waals surface area contributed by atoms with E-state index in [9.17, 15) is 41.9 Å². The fraction of sp³-hybridized carbons (Fsp3) is 0.829. The van der Waals surface area contributed by atoms with Crippen molar-refractivity contribution in [3.05, 3.63) is 0 Å². The second-order valence-corrected chi connectivity index (χ2v) is 30.7. The van der Waals surface area contributed by atoms with Gasteiger partial charge in [-0.05, 0) is 132 Å². The lowest BCUT2D eigenvalue weighted by molar-refractivity contribution is -0.182. The Balaban J connectivity index is 1.26. The largest absolute Gasteiger partial charge is 0.393 e. The number of nitrogens with one attached hydrogen (secondary N) is 3. The number of likely N-dealkylation sites (tertiary alicyclic amines) is 1. The van der Waals surface area contributed by atoms with Crippen molar-refractivity contribution in [2.75, 3.05) is 88.6 Å². The van der Waals surface area contributed by atoms with Crippen LogP contribution in [0.25, 0.3) is 0 Å². The smallest absolute Gasteiger partial charge is 0.343 e. The lowest BCUT2D eigenvalue weighted by atomic mass is 9.78. The molecule has 4 saturated carbocycles. The van der Waals surface area contributed by atoms with E-state index >= 15 is 28.8 Å². The van der Waals surface area contributed by atoms with Crippen LogP contribution in [-0.4, -0.2) is 263 Å². The molecular formula is C70H112ClF3N12O12. The van der Waals surface area contributed by atoms with E-state index in [0.717, 1.165) is 53.2 Å². The van der Waals surface area contributed by atoms with Gasteiger partial charge in [-0.2, -0.15) is 13.2 Å². The highest BCUT2D eigenvalue weighted by atomic mass is 35.5. The number of rotatable bonds is 11. The highest BCUT2D eigenvalue weighted by Gasteiger charge is 2.52. The van der Waals surface area contributed by atoms with Gasteiger partial charge in [0.15, 0.2) is 0 Å². The Morgan fingerprint density at radius 3 is 1.80 bits per heavy atom. The van der Waals surface area contributed by atoms with Gasteiger partial charge in [0.1, 0.15) is 47.8 Å². The quantitative estimate of drug-likeness (QED) is 0.222. The number of hydrogen-bond acceptors (Lipinski definition) is 12. The van der Waals surface area contributed by atoms with Gasteiger partial charge >= 0.3 is 6.18 Å². The number of fused-ring (bicyclic) bond motifs is 1. The third-order valence-electron chi connectivity index (χ3n) is 22.4. The molecule has 7 rings (SSSR count). The normalized spacial score (nSPS) is 30.1. The summed E-state index contributed by atoms with van der Waals surface area (Å²) in [6.07, 6.45) is 5.16. The number of carbonyl (C=O) groups is 12. The van der Waals surface area contributed by atoms with Crippen LogP contribution in [0.15, 0.2) is 0 Å². The van der Waals surface area contributed by atoms with Crippen LogP contribution < -0.4 is 16.0 Å². The molecule has 0 aromatic heterocycles. The first-order valence-corrected chi connectivity index (χ1v) is 36.6. The summed E-state index contributed by atoms with van der Waals surface area (Å²) in [4.78, 5) is 190. The Hall–Kier alpha value is -6.28. The first-order chi connectivity index (χ1) is 46.2. The lowest BCUT2D eigenvalue weighted by Crippen LogP contribution is -2.65. The molecule has 28 heteroatoms. The molecule has 3 aliphatic heterocycles. The molecule has 3 heterocycles. The third kappa shape index (κ3) is 19.8. The molecule has 3 saturated heterocycles. The molecule has 98 heavy (non-hydrogen) atoms. The van der Waals surface area contributed by atoms with Gasteiger partial charge < -0.3 is 60.0 Å². The van der Waals surface area contributed by atoms with E-state index in [4.69, 9.17) is 11.6 Å². The Bertz CT molecular complexity index is 2870. The van der Waals surface area contributed by atoms with E-state index in [0.29, 0.717) is 64.5 Å². The van der Waals surface area contributed by atoms with Crippen LogP contribution in [0.2, 0.25) is 0 Å². The minimum absolute atomic E-state index is 0.00311. The van der Waals surface area contributed by atoms with Crippen LogP contribution in [0, 0.1) is 35.5 Å². The molecular weight excluding hydrogens is 1290 g/mol. The van der Waals surface area contributed by atoms with Crippen molar-refractivity contribution >= 4 is 82.5 Å². The van der Waals surface area contributed by atoms with Crippen LogP contribution in [0.1, 0.15) is 188 Å². The molecule has 7 fully saturated rings. The predicted molar refractivity (Wildman–Crippen MR) is 361 cm³/mol. The number of halogens is 4. The Morgan fingerprint density at radius 2 is 1.19 bits per heavy atom. The van der Waals surface area contributed by atoms with Crippen molar-refractivity contribution in [3.8, 4) is 0 Å². The second kappa shape index (κ2) is 34.9. The molecule has 4 aliphatic carbocycles. The van der Waals surface area contributed by atoms with Crippen molar-refractivity contribution in [1.82, 2.24) is 60.0 Å². The summed E-state index contributed by atoms with van der Waals surface area (Å²) in [6, 6.07) is -8.48. The van der Waals surface area contributed by atoms with Crippen LogP contribution in [0.3, 0.4) is 0 Å². The minimum Gasteiger partial charge on any atom is -0.343 e. The summed E-state index contributed by atoms with van der Waals surface area (Å²) in [5, 5.41) is 7.60. The average Bonchev–Trinajstić information content (AvgIpc) is 1.85. The Labute approximate surface area is 582 Å². The maximum absolute atomic E-state index is 15.8. The Kier molecular flexibility index (Phi) is 28.1. The molecule has 11 atom stereocenters. The summed E-state index contributed by atoms with van der Waals surface area (Å²) < 4.78 is 41.9. The van der Waals surface area contributed by atoms with Crippen LogP contribution >= 0.6 is 11.6 Å². The van der Waals surface area contributed by atoms with Crippen LogP contribution in [0.5, 0.6) is 0 Å². The zero-order chi connectivity index (χ0) is 72.2. The summed E-state index contributed by atoms with van der Waals surface area (Å²) in [5.74, 6) is -10.5. The molecule has 0 radical (unpaired) electrons. The number of likely N-dealkylation sites (N-methyl/N-ethyl adjacent to an activating group) is 7. The van der Waals surface area contributed by atoms with Crippen molar-refractivity contribution in [3.63, 3.8) is 0 Å². The molecule has 0 aromatic rings. The zero-order valence-corrected chi connectivity index (χ0v) is 60.7. The van der Waals surface area contributed by atoms with Crippen molar-refractivity contribution in [2.45, 2.75) is 248 Å². The minimum atomic E-state index is -4.50. The van der Waals surface area contributed by atoms with Gasteiger partial charge in [0.05, 0.1) is 32.0 Å². The summed E-state index contributed by atoms with van der Waals surface area (Å²) >= 11 is 6.39. The third-order valence-corrected chi connectivity index (χ3v) is 22.9. The standard InChI is InChI=1S/C70H112ClF3N12O12/c1-12-44(4)59-66(96)80(7)41-57(89)78(5)42-58(90)82(9)53(38-46-25-26-46)64(94)79(6)40-55(87)75-50(30-28-45-27-29-48(49(71)37-45)70(72,73)74)63(93)86-35-21-24-51(86)62(92)77-69(31-17-18-32-69)68(98)84(11)60(47-22-15-13-16-23-47)67(97)83(10)54(65(95)85-33-19-14-20-34-85)39-56(88)81(8)52(36-43(2)3)61(91)76-59/h43-54,59-60H,12-42H2,1-11H3,(H,75,87)(H,76,91)(H,77,92)/t44-,45?,48?,49?,50-,51-,52-,53-,54-,59-,60-/m0/s1. The first-order valence-electron chi connectivity index (χ1n) is 36.2. The van der Waals surface area contributed by atoms with Gasteiger partial charge in [-0.15, -0.1) is 11.6 Å². The zero-order valence-electron chi connectivity index (χ0n) is 59.9. The SMILES string of the molecule is CC[C@H](C)[C@@H]1NC(=O)[C@H](CC(C)C)N(C)C(=O)C[C@@H](C(=O)N2CCCCC2)N(C)C(=O)[C@H](C2CCCCC2)N(C)C(=O)C2(CCCC2)NC(=O)[C@@H]2CCCN2C(=O)[C@H](CCC2CCC(C(F)(F)F)C(Cl)C2)NC(=O)CN(C)C(=O)[C@H](CC2CC2)N(C)C(=O)CN(C)C(=O)CN(C)C1=O. The summed E-state index contributed by atoms with van der Waals surface area (Å²) in [5.41, 5.74) is -1.55. The lowest BCUT2D eigenvalue weighted by Gasteiger charge is -2.43. The molecule has 3 unspecified atom stereocenters. The van der Waals surface area contributed by atoms with E-state index in [1.54, 1.807) is 11.8 Å². The van der Waals surface area contributed by atoms with Crippen LogP contribution in [-0.2, 0) is 57.5 Å². The number of carbonyl (C=O) groups excluding carboxylic acids is 12. The van der Waals surface area contributed by atoms with Crippen molar-refractivity contribution in [1.29, 1.82) is 0 Å². The van der Waals surface area contributed by atoms with E-state index in [1.165, 1.54) is 73.8 Å². The first kappa shape index (κ1) is 79.1. The van der Waals surface area contributed by atoms with Crippen LogP contribution in [0.4, 0.5) is 13.2 Å². The van der Waals surface area contributed by atoms with E-state index in [-0.39, 0.29) is 88.5 Å². The number of alkyl halides is 4. The highest BCUT2D eigenvalue weighted by molar-refractivity contribution is 6.21. The van der Waals surface area contributed by atoms with E-state index in [2.05, 4.69) is 16.0 Å². The van der Waals surface area contributed by atoms with E-state index < -0.39 is 174 Å². The molecule has 3 N–H and O–H groups in total. The Morgan fingerprint density at radius 1 is 0.592 bits per heavy atom. The van der Waals surface area contributed by atoms with Gasteiger partial charge in [-0.25, -0.2) is 0 Å². The second-order valence-electron chi connectivity index (χ2n) is 30.2. The highest BCUT2D eigenvalue weighted by Crippen LogP contribution is 2.44. The number of hydrogen-bond donors (Lipinski definition) is 3. The number of piperidine rings is 1. The predicted octanol–water partition coefficient (Wildman–Crippen LogP) is 5.31. The fourth-order valence-electron chi connectivity index (χ4n) is 15.8. The molecule has 552 valence electrons. The summed E-state index contributed by atoms with van der Waals surface area (Å²) in [6.45, 7) is 6.58. The topological polar surface area (TPSA) is 270 Å². The fourth-order valence-corrected chi connectivity index (χ4v) is 16.3. The van der Waals surface area contributed by atoms with E-state index in [1.807, 2.05) is 20.8 Å². The monoisotopic (exact) mass is 1400 g/mol. The molecule has 0 aromatic carbocycles. The molecule has 12 amide bonds. The molecule has 1 spiro atoms. The van der Waals surface area contributed by atoms with Crippen molar-refractivity contribution < 1.29 is 70.7 Å². The van der Waals surface area contributed by atoms with Crippen molar-refractivity contribution in [2.24, 2.45) is 35.5 Å². The average molecular weight is 1410 g/mol. The maximum atomic E-state index is 15.8. The van der Waals surface area contributed by atoms with Gasteiger partial charge in [-0.1, -0.05) is 79.1 Å². The molecule has 7 aliphatic rings. The summed E-state index contributed by atoms with van der Waals surface area (Å²) in [7, 11) is 10.0.